The maximum Gasteiger partial charge on any atom is 0.141 e. The highest BCUT2D eigenvalue weighted by Gasteiger charge is 2.51. The number of H-pyrrole nitrogens is 1. The van der Waals surface area contributed by atoms with Gasteiger partial charge in [0.1, 0.15) is 58.9 Å². The number of aliphatic hydroxyl groups excluding tert-OH is 3. The molecule has 10 aromatic rings. The Hall–Kier alpha value is -6.56. The molecule has 3 spiro atoms. The molecule has 24 nitrogen and oxygen atoms in total. The number of nitriles is 1. The van der Waals surface area contributed by atoms with Crippen molar-refractivity contribution >= 4 is 79.8 Å². The summed E-state index contributed by atoms with van der Waals surface area (Å²) in [5.41, 5.74) is 10.2. The lowest BCUT2D eigenvalue weighted by atomic mass is 9.79. The lowest BCUT2D eigenvalue weighted by Gasteiger charge is -2.46. The Morgan fingerprint density at radius 1 is 0.611 bits per heavy atom. The van der Waals surface area contributed by atoms with Gasteiger partial charge in [-0.15, -0.1) is 49.3 Å². The number of hydrogen-bond donors (Lipinski definition) is 7. The summed E-state index contributed by atoms with van der Waals surface area (Å²) in [6.45, 7) is 13.1. The third kappa shape index (κ3) is 13.8. The van der Waals surface area contributed by atoms with Crippen LogP contribution in [-0.2, 0) is 57.1 Å². The first-order valence-electron chi connectivity index (χ1n) is 31.7. The molecule has 496 valence electrons. The fraction of sp³-hybridized carbons (Fsp3) is 0.462. The topological polar surface area (TPSA) is 308 Å². The van der Waals surface area contributed by atoms with Crippen molar-refractivity contribution < 1.29 is 29.5 Å². The number of aromatic amines is 1. The largest absolute Gasteiger partial charge is 0.386 e. The molecule has 16 rings (SSSR count). The molecule has 16 heterocycles. The van der Waals surface area contributed by atoms with E-state index in [2.05, 4.69) is 112 Å². The van der Waals surface area contributed by atoms with E-state index in [1.54, 1.807) is 28.0 Å². The lowest BCUT2D eigenvalue weighted by Crippen LogP contribution is -2.50. The Kier molecular flexibility index (Phi) is 18.7. The second-order valence-corrected chi connectivity index (χ2v) is 30.9. The SMILES string of the molecule is C[C@H]1C[C@@]2(C[C@@H](c3cn(Cc4ccc(C#N)nc4)nn3)N1)OC[C@@H](O)c1cc(Cl)sc12.C[C@H]1C[C@@]2(C[C@@H](c3cn(Cc4ncnc5[nH]ccc45)nn3)N1)OC[C@@H](O)c1cc(Cl)sc12.Cc1cc(C)nc(CCn2cc([C@@H]3C[C@]4(C[C@H](C)N3)OC[C@@H](O)c3cc(Cl)sc34)nn2)c1. The van der Waals surface area contributed by atoms with E-state index in [1.165, 1.54) is 39.6 Å². The molecule has 0 radical (unpaired) electrons. The molecule has 0 aliphatic carbocycles. The average Bonchev–Trinajstić information content (AvgIpc) is 1.71. The number of aromatic nitrogens is 14. The molecule has 3 fully saturated rings. The number of ether oxygens (including phenoxy) is 3. The molecule has 0 amide bonds. The quantitative estimate of drug-likeness (QED) is 0.0669. The van der Waals surface area contributed by atoms with Gasteiger partial charge in [0.05, 0.1) is 105 Å². The van der Waals surface area contributed by atoms with E-state index in [0.717, 1.165) is 121 Å². The smallest absolute Gasteiger partial charge is 0.141 e. The summed E-state index contributed by atoms with van der Waals surface area (Å²) in [7, 11) is 0. The van der Waals surface area contributed by atoms with Gasteiger partial charge in [0.25, 0.3) is 0 Å². The minimum Gasteiger partial charge on any atom is -0.386 e. The van der Waals surface area contributed by atoms with Crippen LogP contribution in [0.15, 0.2) is 85.8 Å². The molecule has 3 saturated heterocycles. The molecule has 30 heteroatoms. The van der Waals surface area contributed by atoms with Crippen molar-refractivity contribution in [2.45, 2.75) is 171 Å². The first-order valence-corrected chi connectivity index (χ1v) is 35.3. The van der Waals surface area contributed by atoms with Crippen LogP contribution in [0.1, 0.15) is 178 Å². The third-order valence-corrected chi connectivity index (χ3v) is 22.9. The van der Waals surface area contributed by atoms with E-state index < -0.39 is 35.1 Å². The van der Waals surface area contributed by atoms with E-state index in [9.17, 15) is 15.3 Å². The van der Waals surface area contributed by atoms with Gasteiger partial charge >= 0.3 is 0 Å². The minimum atomic E-state index is -0.644. The highest BCUT2D eigenvalue weighted by molar-refractivity contribution is 7.17. The van der Waals surface area contributed by atoms with Crippen LogP contribution >= 0.6 is 68.8 Å². The number of halogens is 3. The monoisotopic (exact) mass is 1400 g/mol. The number of aryl methyl sites for hydroxylation is 4. The van der Waals surface area contributed by atoms with Crippen LogP contribution in [0.3, 0.4) is 0 Å². The third-order valence-electron chi connectivity index (χ3n) is 18.5. The molecule has 6 aliphatic heterocycles. The Bertz CT molecular complexity index is 4410. The van der Waals surface area contributed by atoms with E-state index >= 15 is 0 Å². The number of aliphatic hydroxyl groups is 3. The predicted octanol–water partition coefficient (Wildman–Crippen LogP) is 10.2. The van der Waals surface area contributed by atoms with Crippen LogP contribution < -0.4 is 16.0 Å². The zero-order valence-electron chi connectivity index (χ0n) is 52.7. The minimum absolute atomic E-state index is 0.0100. The normalized spacial score (nSPS) is 27.7. The molecule has 95 heavy (non-hydrogen) atoms. The van der Waals surface area contributed by atoms with Gasteiger partial charge in [0, 0.05) is 111 Å². The summed E-state index contributed by atoms with van der Waals surface area (Å²) in [4.78, 5) is 23.6. The van der Waals surface area contributed by atoms with E-state index in [4.69, 9.17) is 54.3 Å². The Morgan fingerprint density at radius 3 is 1.57 bits per heavy atom. The van der Waals surface area contributed by atoms with Crippen molar-refractivity contribution in [3.05, 3.63) is 181 Å². The predicted molar refractivity (Wildman–Crippen MR) is 358 cm³/mol. The van der Waals surface area contributed by atoms with Crippen molar-refractivity contribution in [3.63, 3.8) is 0 Å². The van der Waals surface area contributed by atoms with Crippen LogP contribution in [0, 0.1) is 25.2 Å². The molecule has 0 unspecified atom stereocenters. The number of thiophene rings is 3. The maximum absolute atomic E-state index is 10.4. The molecule has 0 bridgehead atoms. The van der Waals surface area contributed by atoms with Gasteiger partial charge in [-0.1, -0.05) is 56.5 Å². The molecule has 10 aromatic heterocycles. The number of rotatable bonds is 10. The zero-order chi connectivity index (χ0) is 65.9. The lowest BCUT2D eigenvalue weighted by molar-refractivity contribution is -0.129. The van der Waals surface area contributed by atoms with Crippen LogP contribution in [0.4, 0.5) is 0 Å². The summed E-state index contributed by atoms with van der Waals surface area (Å²) in [5.74, 6) is 0. The Balaban J connectivity index is 0.000000123. The maximum atomic E-state index is 10.4. The van der Waals surface area contributed by atoms with Gasteiger partial charge in [-0.25, -0.2) is 24.3 Å². The second-order valence-electron chi connectivity index (χ2n) is 25.9. The van der Waals surface area contributed by atoms with Crippen molar-refractivity contribution in [3.8, 4) is 6.07 Å². The van der Waals surface area contributed by atoms with Gasteiger partial charge in [-0.05, 0) is 107 Å². The Labute approximate surface area is 574 Å². The number of pyridine rings is 2. The molecule has 0 aromatic carbocycles. The highest BCUT2D eigenvalue weighted by atomic mass is 35.5. The van der Waals surface area contributed by atoms with Crippen LogP contribution in [0.25, 0.3) is 11.0 Å². The standard InChI is InChI=1S/C23H28ClN5O2S.C21H22ClN7O2S.C21H21ClN6O2S/c1-13-6-14(2)25-16(7-13)4-5-29-11-19(27-28-29)18-10-23(9-15(3)26-18)22-17(8-21(24)32-22)20(30)12-31-23;1-11-5-21(19-13(4-18(22)32-19)17(30)9-31-21)6-14(26-11)16-8-29(28-27-16)7-15-12-2-3-23-20(12)25-10-24-15;1-12-5-21(20-15(4-19(22)31-20)18(29)11-30-21)6-16(25-12)17-10-28(27-26-17)9-13-2-3-14(7-23)24-8-13/h6-8,11,15,18,20,26,30H,4-5,9-10,12H2,1-3H3;2-4,8,10-11,14,17,26,30H,5-7,9H2,1H3,(H,23,24,25);2-4,8,10,12,16,18,25,29H,5-6,9,11H2,1H3/t15-,18-,20+,23-;11-,14-,17+,21-;12-,16-,18+,21-/m000/s1. The number of nitrogens with zero attached hydrogens (tertiary/aromatic N) is 14. The number of hydrogen-bond acceptors (Lipinski definition) is 23. The molecule has 6 aliphatic rings. The zero-order valence-corrected chi connectivity index (χ0v) is 57.4. The van der Waals surface area contributed by atoms with Crippen molar-refractivity contribution in [2.24, 2.45) is 0 Å². The van der Waals surface area contributed by atoms with Crippen molar-refractivity contribution in [2.75, 3.05) is 19.8 Å². The average molecular weight is 1400 g/mol. The molecular formula is C65H71Cl3N18O6S3. The fourth-order valence-corrected chi connectivity index (χ4v) is 19.0. The Morgan fingerprint density at radius 2 is 1.09 bits per heavy atom. The van der Waals surface area contributed by atoms with Gasteiger partial charge in [0.15, 0.2) is 0 Å². The second kappa shape index (κ2) is 27.0. The molecule has 12 atom stereocenters. The first-order chi connectivity index (χ1) is 45.8. The van der Waals surface area contributed by atoms with E-state index in [-0.39, 0.29) is 56.1 Å². The van der Waals surface area contributed by atoms with E-state index in [1.807, 2.05) is 72.8 Å². The van der Waals surface area contributed by atoms with Gasteiger partial charge < -0.3 is 50.5 Å². The fourth-order valence-electron chi connectivity index (χ4n) is 14.6. The summed E-state index contributed by atoms with van der Waals surface area (Å²) in [6, 6.07) is 17.9. The summed E-state index contributed by atoms with van der Waals surface area (Å²) in [6.07, 6.45) is 14.4. The van der Waals surface area contributed by atoms with Crippen molar-refractivity contribution in [1.82, 2.24) is 85.9 Å². The highest BCUT2D eigenvalue weighted by Crippen LogP contribution is 2.55. The van der Waals surface area contributed by atoms with Crippen LogP contribution in [0.2, 0.25) is 13.0 Å². The van der Waals surface area contributed by atoms with Crippen molar-refractivity contribution in [1.29, 1.82) is 5.26 Å². The number of fused-ring (bicyclic) bond motifs is 7. The van der Waals surface area contributed by atoms with Gasteiger partial charge in [-0.2, -0.15) is 5.26 Å². The molecule has 0 saturated carbocycles. The van der Waals surface area contributed by atoms with Gasteiger partial charge in [0.2, 0.25) is 0 Å². The number of piperidine rings is 3. The number of nitrogens with one attached hydrogen (secondary N) is 4. The van der Waals surface area contributed by atoms with Crippen LogP contribution in [0.5, 0.6) is 0 Å². The summed E-state index contributed by atoms with van der Waals surface area (Å²) >= 11 is 23.4. The first kappa shape index (κ1) is 65.7. The van der Waals surface area contributed by atoms with Gasteiger partial charge in [-0.3, -0.25) is 9.67 Å². The summed E-state index contributed by atoms with van der Waals surface area (Å²) in [5, 5.41) is 78.3. The van der Waals surface area contributed by atoms with Crippen LogP contribution in [-0.4, -0.2) is 123 Å². The van der Waals surface area contributed by atoms with E-state index in [0.29, 0.717) is 44.6 Å². The molecule has 7 N–H and O–H groups in total. The molecular weight excluding hydrogens is 1330 g/mol. The summed E-state index contributed by atoms with van der Waals surface area (Å²) < 4.78 is 26.4.